The molecule has 0 bridgehead atoms. The molecule has 0 atom stereocenters. The van der Waals surface area contributed by atoms with Gasteiger partial charge in [-0.3, -0.25) is 0 Å². The van der Waals surface area contributed by atoms with Crippen LogP contribution in [-0.2, 0) is 9.53 Å². The van der Waals surface area contributed by atoms with Crippen LogP contribution in [0.4, 0.5) is 0 Å². The topological polar surface area (TPSA) is 71.5 Å². The van der Waals surface area contributed by atoms with E-state index < -0.39 is 5.97 Å². The van der Waals surface area contributed by atoms with Gasteiger partial charge in [0.2, 0.25) is 5.76 Å². The zero-order valence-electron chi connectivity index (χ0n) is 11.2. The van der Waals surface area contributed by atoms with Gasteiger partial charge in [-0.1, -0.05) is 6.08 Å². The van der Waals surface area contributed by atoms with Crippen LogP contribution in [0.2, 0.25) is 0 Å². The van der Waals surface area contributed by atoms with E-state index in [2.05, 4.69) is 4.98 Å². The molecular weight excluding hydrogens is 258 g/mol. The average molecular weight is 273 g/mol. The number of carboxylic acid groups (broad SMARTS) is 1. The Morgan fingerprint density at radius 2 is 2.10 bits per heavy atom. The third kappa shape index (κ3) is 3.00. The van der Waals surface area contributed by atoms with Gasteiger partial charge in [-0.05, 0) is 36.4 Å². The normalized spacial score (nSPS) is 12.0. The SMILES string of the molecule is CO/C(=C\C=C\c1cc2cc(OC)ccc2[nH]1)C(=O)O. The second-order valence-corrected chi connectivity index (χ2v) is 4.08. The van der Waals surface area contributed by atoms with Crippen molar-refractivity contribution in [1.82, 2.24) is 4.98 Å². The van der Waals surface area contributed by atoms with E-state index in [9.17, 15) is 4.79 Å². The monoisotopic (exact) mass is 273 g/mol. The number of H-pyrrole nitrogens is 1. The number of ether oxygens (including phenoxy) is 2. The number of carbonyl (C=O) groups is 1. The Balaban J connectivity index is 2.23. The maximum Gasteiger partial charge on any atom is 0.371 e. The van der Waals surface area contributed by atoms with Crippen LogP contribution >= 0.6 is 0 Å². The lowest BCUT2D eigenvalue weighted by Crippen LogP contribution is -2.01. The Morgan fingerprint density at radius 3 is 2.75 bits per heavy atom. The molecule has 1 aromatic carbocycles. The van der Waals surface area contributed by atoms with Crippen LogP contribution in [0.5, 0.6) is 5.75 Å². The van der Waals surface area contributed by atoms with Crippen molar-refractivity contribution in [2.24, 2.45) is 0 Å². The largest absolute Gasteiger partial charge is 0.497 e. The van der Waals surface area contributed by atoms with Gasteiger partial charge in [-0.25, -0.2) is 4.79 Å². The minimum absolute atomic E-state index is 0.112. The van der Waals surface area contributed by atoms with Gasteiger partial charge >= 0.3 is 5.97 Å². The molecule has 0 spiro atoms. The highest BCUT2D eigenvalue weighted by atomic mass is 16.5. The lowest BCUT2D eigenvalue weighted by molar-refractivity contribution is -0.136. The molecule has 104 valence electrons. The fourth-order valence-electron chi connectivity index (χ4n) is 1.82. The van der Waals surface area contributed by atoms with Crippen molar-refractivity contribution in [2.45, 2.75) is 0 Å². The molecule has 0 aliphatic heterocycles. The number of aromatic nitrogens is 1. The quantitative estimate of drug-likeness (QED) is 0.499. The molecule has 0 unspecified atom stereocenters. The van der Waals surface area contributed by atoms with E-state index in [4.69, 9.17) is 14.6 Å². The molecule has 0 aliphatic rings. The number of fused-ring (bicyclic) bond motifs is 1. The van der Waals surface area contributed by atoms with Gasteiger partial charge < -0.3 is 19.6 Å². The van der Waals surface area contributed by atoms with Crippen LogP contribution in [0.1, 0.15) is 5.69 Å². The predicted octanol–water partition coefficient (Wildman–Crippen LogP) is 2.80. The van der Waals surface area contributed by atoms with E-state index in [0.717, 1.165) is 22.3 Å². The number of aliphatic carboxylic acids is 1. The first kappa shape index (κ1) is 13.7. The Morgan fingerprint density at radius 1 is 1.30 bits per heavy atom. The van der Waals surface area contributed by atoms with Gasteiger partial charge in [0.05, 0.1) is 14.2 Å². The first-order chi connectivity index (χ1) is 9.63. The number of benzene rings is 1. The first-order valence-electron chi connectivity index (χ1n) is 5.96. The van der Waals surface area contributed by atoms with Crippen LogP contribution in [0.25, 0.3) is 17.0 Å². The molecule has 0 fully saturated rings. The zero-order chi connectivity index (χ0) is 14.5. The van der Waals surface area contributed by atoms with E-state index in [1.165, 1.54) is 13.2 Å². The summed E-state index contributed by atoms with van der Waals surface area (Å²) >= 11 is 0. The van der Waals surface area contributed by atoms with Gasteiger partial charge in [0.15, 0.2) is 0 Å². The first-order valence-corrected chi connectivity index (χ1v) is 5.96. The van der Waals surface area contributed by atoms with Crippen molar-refractivity contribution in [3.05, 3.63) is 47.9 Å². The second-order valence-electron chi connectivity index (χ2n) is 4.08. The number of allylic oxidation sites excluding steroid dienone is 2. The van der Waals surface area contributed by atoms with Crippen molar-refractivity contribution in [2.75, 3.05) is 14.2 Å². The lowest BCUT2D eigenvalue weighted by Gasteiger charge is -1.97. The minimum Gasteiger partial charge on any atom is -0.497 e. The minimum atomic E-state index is -1.10. The van der Waals surface area contributed by atoms with Crippen LogP contribution < -0.4 is 4.74 Å². The van der Waals surface area contributed by atoms with Crippen molar-refractivity contribution < 1.29 is 19.4 Å². The van der Waals surface area contributed by atoms with Gasteiger partial charge in [0.25, 0.3) is 0 Å². The highest BCUT2D eigenvalue weighted by molar-refractivity contribution is 5.85. The highest BCUT2D eigenvalue weighted by Gasteiger charge is 2.04. The Labute approximate surface area is 116 Å². The smallest absolute Gasteiger partial charge is 0.371 e. The van der Waals surface area contributed by atoms with Gasteiger partial charge in [0, 0.05) is 16.6 Å². The number of aromatic amines is 1. The summed E-state index contributed by atoms with van der Waals surface area (Å²) < 4.78 is 9.88. The molecule has 5 nitrogen and oxygen atoms in total. The molecule has 2 N–H and O–H groups in total. The van der Waals surface area contributed by atoms with E-state index in [-0.39, 0.29) is 5.76 Å². The fourth-order valence-corrected chi connectivity index (χ4v) is 1.82. The molecule has 0 aliphatic carbocycles. The predicted molar refractivity (Wildman–Crippen MR) is 76.6 cm³/mol. The third-order valence-electron chi connectivity index (χ3n) is 2.80. The standard InChI is InChI=1S/C15H15NO4/c1-19-12-6-7-13-10(9-12)8-11(16-13)4-3-5-14(20-2)15(17)18/h3-9,16H,1-2H3,(H,17,18)/b4-3+,14-5-. The number of rotatable bonds is 5. The molecule has 0 amide bonds. The van der Waals surface area contributed by atoms with Gasteiger partial charge in [-0.15, -0.1) is 0 Å². The van der Waals surface area contributed by atoms with Crippen LogP contribution in [0.3, 0.4) is 0 Å². The van der Waals surface area contributed by atoms with E-state index in [0.29, 0.717) is 0 Å². The molecule has 1 heterocycles. The summed E-state index contributed by atoms with van der Waals surface area (Å²) in [7, 11) is 2.95. The molecule has 0 saturated carbocycles. The van der Waals surface area contributed by atoms with Crippen LogP contribution in [0.15, 0.2) is 42.2 Å². The average Bonchev–Trinajstić information content (AvgIpc) is 2.84. The van der Waals surface area contributed by atoms with E-state index in [1.807, 2.05) is 24.3 Å². The summed E-state index contributed by atoms with van der Waals surface area (Å²) in [6, 6.07) is 7.69. The highest BCUT2D eigenvalue weighted by Crippen LogP contribution is 2.21. The van der Waals surface area contributed by atoms with Crippen molar-refractivity contribution >= 4 is 22.9 Å². The molecule has 2 aromatic rings. The second kappa shape index (κ2) is 5.97. The Bertz CT molecular complexity index is 682. The number of carboxylic acids is 1. The van der Waals surface area contributed by atoms with Crippen molar-refractivity contribution in [3.63, 3.8) is 0 Å². The molecule has 0 saturated heterocycles. The van der Waals surface area contributed by atoms with Gasteiger partial charge in [-0.2, -0.15) is 0 Å². The Hall–Kier alpha value is -2.69. The van der Waals surface area contributed by atoms with E-state index in [1.54, 1.807) is 19.3 Å². The summed E-state index contributed by atoms with van der Waals surface area (Å²) in [6.07, 6.45) is 4.79. The third-order valence-corrected chi connectivity index (χ3v) is 2.80. The molecule has 0 radical (unpaired) electrons. The maximum atomic E-state index is 10.7. The van der Waals surface area contributed by atoms with Crippen LogP contribution in [-0.4, -0.2) is 30.3 Å². The Kier molecular flexibility index (Phi) is 4.10. The van der Waals surface area contributed by atoms with E-state index >= 15 is 0 Å². The summed E-state index contributed by atoms with van der Waals surface area (Å²) in [5.74, 6) is -0.419. The molecule has 1 aromatic heterocycles. The lowest BCUT2D eigenvalue weighted by atomic mass is 10.2. The number of nitrogens with one attached hydrogen (secondary N) is 1. The summed E-state index contributed by atoms with van der Waals surface area (Å²) in [4.78, 5) is 13.9. The summed E-state index contributed by atoms with van der Waals surface area (Å²) in [5.41, 5.74) is 1.85. The van der Waals surface area contributed by atoms with Crippen LogP contribution in [0, 0.1) is 0 Å². The number of methoxy groups -OCH3 is 2. The van der Waals surface area contributed by atoms with Gasteiger partial charge in [0.1, 0.15) is 5.75 Å². The van der Waals surface area contributed by atoms with Crippen molar-refractivity contribution in [3.8, 4) is 5.75 Å². The fraction of sp³-hybridized carbons (Fsp3) is 0.133. The number of hydrogen-bond donors (Lipinski definition) is 2. The molecular formula is C15H15NO4. The summed E-state index contributed by atoms with van der Waals surface area (Å²) in [6.45, 7) is 0. The van der Waals surface area contributed by atoms with Crippen molar-refractivity contribution in [1.29, 1.82) is 0 Å². The maximum absolute atomic E-state index is 10.7. The number of hydrogen-bond acceptors (Lipinski definition) is 3. The summed E-state index contributed by atoms with van der Waals surface area (Å²) in [5, 5.41) is 9.82. The molecule has 20 heavy (non-hydrogen) atoms. The molecule has 2 rings (SSSR count). The molecule has 5 heteroatoms. The zero-order valence-corrected chi connectivity index (χ0v) is 11.2.